The molecular weight excluding hydrogens is 474 g/mol. The average molecular weight is 494 g/mol. The Morgan fingerprint density at radius 1 is 0.500 bits per heavy atom. The Kier molecular flexibility index (Phi) is 5.26. The van der Waals surface area contributed by atoms with Crippen molar-refractivity contribution < 1.29 is 33.3 Å². The molecule has 176 valence electrons. The van der Waals surface area contributed by atoms with E-state index in [2.05, 4.69) is 114 Å². The van der Waals surface area contributed by atoms with E-state index in [-0.39, 0.29) is 0 Å². The summed E-state index contributed by atoms with van der Waals surface area (Å²) in [5.41, 5.74) is 7.63. The Bertz CT molecular complexity index is 1780. The molecule has 6 heteroatoms. The zero-order valence-electron chi connectivity index (χ0n) is 19.3. The highest BCUT2D eigenvalue weighted by molar-refractivity contribution is 6.20. The minimum absolute atomic E-state index is 1.25. The number of hydrogen-bond donors (Lipinski definition) is 0. The van der Waals surface area contributed by atoms with Crippen molar-refractivity contribution in [1.29, 1.82) is 0 Å². The Hall–Kier alpha value is -3.84. The van der Waals surface area contributed by atoms with Crippen LogP contribution in [-0.2, 0) is 0 Å². The second-order valence-electron chi connectivity index (χ2n) is 8.89. The molecule has 0 aliphatic rings. The van der Waals surface area contributed by atoms with Crippen molar-refractivity contribution in [3.63, 3.8) is 0 Å². The number of halogens is 1. The number of pyridine rings is 3. The normalized spacial score (nSPS) is 12.0. The molecule has 0 atom stereocenters. The largest absolute Gasteiger partial charge is 0.227 e. The van der Waals surface area contributed by atoms with Crippen LogP contribution in [0.4, 0.5) is 0 Å². The minimum atomic E-state index is -4.94. The van der Waals surface area contributed by atoms with Crippen LogP contribution in [0.3, 0.4) is 0 Å². The molecule has 0 unspecified atom stereocenters. The molecule has 7 aromatic rings. The second kappa shape index (κ2) is 8.38. The summed E-state index contributed by atoms with van der Waals surface area (Å²) < 4.78 is 36.5. The summed E-state index contributed by atoms with van der Waals surface area (Å²) in [4.78, 5) is 0. The number of fused-ring (bicyclic) bond motifs is 6. The molecule has 5 nitrogen and oxygen atoms in total. The second-order valence-corrected chi connectivity index (χ2v) is 9.64. The first-order chi connectivity index (χ1) is 17.3. The highest BCUT2D eigenvalue weighted by Crippen LogP contribution is 2.36. The molecule has 0 aliphatic carbocycles. The average Bonchev–Trinajstić information content (AvgIpc) is 2.87. The summed E-state index contributed by atoms with van der Waals surface area (Å²) in [7, 11) is -4.94. The highest BCUT2D eigenvalue weighted by Gasteiger charge is 2.24. The van der Waals surface area contributed by atoms with Crippen molar-refractivity contribution in [3.8, 4) is 11.1 Å². The van der Waals surface area contributed by atoms with Gasteiger partial charge in [-0.3, -0.25) is 0 Å². The van der Waals surface area contributed by atoms with E-state index in [0.29, 0.717) is 0 Å². The van der Waals surface area contributed by atoms with Gasteiger partial charge in [-0.1, -0.05) is 72.3 Å². The maximum Gasteiger partial charge on any atom is 0.227 e. The first-order valence-corrected chi connectivity index (χ1v) is 12.6. The monoisotopic (exact) mass is 493 g/mol. The van der Waals surface area contributed by atoms with Crippen molar-refractivity contribution in [2.45, 2.75) is 6.92 Å². The molecule has 7 rings (SSSR count). The van der Waals surface area contributed by atoms with Gasteiger partial charge in [0.1, 0.15) is 0 Å². The number of aromatic nitrogens is 1. The molecule has 3 aromatic heterocycles. The first-order valence-electron chi connectivity index (χ1n) is 11.4. The van der Waals surface area contributed by atoms with Gasteiger partial charge in [-0.15, -0.1) is 10.2 Å². The molecule has 0 bridgehead atoms. The number of para-hydroxylation sites is 1. The van der Waals surface area contributed by atoms with Gasteiger partial charge in [0.25, 0.3) is 0 Å². The molecule has 0 N–H and O–H groups in total. The lowest BCUT2D eigenvalue weighted by Gasteiger charge is -2.17. The number of aryl methyl sites for hydroxylation is 1. The number of rotatable bonds is 1. The van der Waals surface area contributed by atoms with Crippen LogP contribution in [-0.4, -0.2) is 0 Å². The van der Waals surface area contributed by atoms with Gasteiger partial charge in [0, 0.05) is 22.9 Å². The van der Waals surface area contributed by atoms with E-state index in [9.17, 15) is 0 Å². The van der Waals surface area contributed by atoms with Crippen molar-refractivity contribution in [2.75, 3.05) is 0 Å². The van der Waals surface area contributed by atoms with E-state index >= 15 is 0 Å². The van der Waals surface area contributed by atoms with Crippen molar-refractivity contribution in [3.05, 3.63) is 109 Å². The van der Waals surface area contributed by atoms with E-state index in [4.69, 9.17) is 18.6 Å². The third-order valence-corrected chi connectivity index (χ3v) is 6.70. The van der Waals surface area contributed by atoms with E-state index in [1.54, 1.807) is 0 Å². The fourth-order valence-corrected chi connectivity index (χ4v) is 5.25. The predicted octanol–water partition coefficient (Wildman–Crippen LogP) is 2.70. The van der Waals surface area contributed by atoms with Crippen molar-refractivity contribution in [1.82, 2.24) is 0 Å². The summed E-state index contributed by atoms with van der Waals surface area (Å²) in [6.07, 6.45) is 0. The summed E-state index contributed by atoms with van der Waals surface area (Å²) in [6.45, 7) is 2.14. The van der Waals surface area contributed by atoms with E-state index in [1.165, 1.54) is 65.6 Å². The quantitative estimate of drug-likeness (QED) is 0.199. The van der Waals surface area contributed by atoms with Crippen LogP contribution in [0, 0.1) is 17.2 Å². The molecule has 0 aliphatic heterocycles. The van der Waals surface area contributed by atoms with Crippen LogP contribution >= 0.6 is 0 Å². The van der Waals surface area contributed by atoms with E-state index < -0.39 is 10.2 Å². The predicted molar refractivity (Wildman–Crippen MR) is 131 cm³/mol. The highest BCUT2D eigenvalue weighted by atomic mass is 35.7. The number of hydrogen-bond acceptors (Lipinski definition) is 4. The van der Waals surface area contributed by atoms with Gasteiger partial charge in [-0.25, -0.2) is 18.6 Å². The molecule has 0 saturated heterocycles. The van der Waals surface area contributed by atoms with Crippen LogP contribution in [0.25, 0.3) is 60.0 Å². The first kappa shape index (κ1) is 22.6. The molecule has 0 saturated carbocycles. The van der Waals surface area contributed by atoms with Crippen LogP contribution in [0.1, 0.15) is 5.56 Å². The molecule has 4 aromatic carbocycles. The zero-order valence-corrected chi connectivity index (χ0v) is 20.0. The van der Waals surface area contributed by atoms with Gasteiger partial charge in [0.05, 0.1) is 21.5 Å². The van der Waals surface area contributed by atoms with Crippen LogP contribution in [0.5, 0.6) is 0 Å². The Balaban J connectivity index is 0.000000441. The molecular formula is C30H20ClNO4. The van der Waals surface area contributed by atoms with Crippen LogP contribution < -0.4 is 23.0 Å². The zero-order chi connectivity index (χ0) is 25.0. The Morgan fingerprint density at radius 2 is 0.917 bits per heavy atom. The Morgan fingerprint density at radius 3 is 1.39 bits per heavy atom. The van der Waals surface area contributed by atoms with E-state index in [1.807, 2.05) is 0 Å². The SMILES string of the molecule is Cc1ccc(-c2cc3c4ccccc4c4cccc5c6ccccc6c(c2)[n+]3c45)cc1.[O-][Cl+3]([O-])([O-])[O-]. The van der Waals surface area contributed by atoms with Crippen LogP contribution in [0.15, 0.2) is 103 Å². The maximum atomic E-state index is 8.49. The molecule has 3 heterocycles. The third-order valence-electron chi connectivity index (χ3n) is 6.70. The van der Waals surface area contributed by atoms with Gasteiger partial charge in [-0.05, 0) is 42.3 Å². The standard InChI is InChI=1S/C30H20N.ClHO4/c1-19-13-15-20(16-14-19)21-17-28-24-9-4-2-7-22(24)26-11-6-12-27-23-8-3-5-10-25(23)29(18-21)31(28)30(26)27;2-1(3,4)5/h2-18H,1H3;(H,2,3,4,5)/q+1;/p-1. The summed E-state index contributed by atoms with van der Waals surface area (Å²) in [5, 5.41) is 7.83. The summed E-state index contributed by atoms with van der Waals surface area (Å²) in [6, 6.07) is 37.9. The minimum Gasteiger partial charge on any atom is -0.222 e. The Labute approximate surface area is 208 Å². The smallest absolute Gasteiger partial charge is 0.222 e. The third kappa shape index (κ3) is 3.80. The summed E-state index contributed by atoms with van der Waals surface area (Å²) >= 11 is 0. The van der Waals surface area contributed by atoms with Crippen molar-refractivity contribution in [2.24, 2.45) is 0 Å². The van der Waals surface area contributed by atoms with Gasteiger partial charge < -0.3 is 0 Å². The fraction of sp³-hybridized carbons (Fsp3) is 0.0333. The topological polar surface area (TPSA) is 96.3 Å². The van der Waals surface area contributed by atoms with Gasteiger partial charge in [-0.2, -0.15) is 4.40 Å². The van der Waals surface area contributed by atoms with Gasteiger partial charge in [0.15, 0.2) is 0 Å². The van der Waals surface area contributed by atoms with Gasteiger partial charge in [0.2, 0.25) is 16.6 Å². The molecule has 0 amide bonds. The lowest BCUT2D eigenvalue weighted by molar-refractivity contribution is -2.00. The molecule has 36 heavy (non-hydrogen) atoms. The number of benzene rings is 4. The lowest BCUT2D eigenvalue weighted by Crippen LogP contribution is -2.68. The molecule has 0 spiro atoms. The van der Waals surface area contributed by atoms with E-state index in [0.717, 1.165) is 0 Å². The lowest BCUT2D eigenvalue weighted by atomic mass is 9.95. The molecule has 0 radical (unpaired) electrons. The van der Waals surface area contributed by atoms with Crippen molar-refractivity contribution >= 4 is 48.9 Å². The summed E-state index contributed by atoms with van der Waals surface area (Å²) in [5.74, 6) is 0. The maximum absolute atomic E-state index is 8.49. The fourth-order valence-electron chi connectivity index (χ4n) is 5.25. The van der Waals surface area contributed by atoms with Crippen LogP contribution in [0.2, 0.25) is 0 Å². The molecule has 0 fully saturated rings. The van der Waals surface area contributed by atoms with Gasteiger partial charge >= 0.3 is 0 Å². The number of nitrogens with zero attached hydrogens (tertiary/aromatic N) is 1.